The molecule has 1 aromatic carbocycles. The van der Waals surface area contributed by atoms with Crippen molar-refractivity contribution < 1.29 is 8.42 Å². The maximum atomic E-state index is 12.0. The van der Waals surface area contributed by atoms with Crippen molar-refractivity contribution in [2.75, 3.05) is 9.03 Å². The maximum absolute atomic E-state index is 12.0. The van der Waals surface area contributed by atoms with Gasteiger partial charge in [0.05, 0.1) is 23.3 Å². The number of para-hydroxylation sites is 1. The average Bonchev–Trinajstić information content (AvgIpc) is 2.60. The summed E-state index contributed by atoms with van der Waals surface area (Å²) in [6, 6.07) is 10.6. The molecule has 0 radical (unpaired) electrons. The number of nitrogens with zero attached hydrogens (tertiary/aromatic N) is 2. The Bertz CT molecular complexity index is 655. The fraction of sp³-hybridized carbons (Fsp3) is 0. The quantitative estimate of drug-likeness (QED) is 0.837. The molecule has 1 aliphatic rings. The molecule has 0 fully saturated rings. The molecule has 0 unspecified atom stereocenters. The molecular weight excluding hydrogens is 238 g/mol. The summed E-state index contributed by atoms with van der Waals surface area (Å²) in [5.41, 5.74) is 1.69. The van der Waals surface area contributed by atoms with Gasteiger partial charge >= 0.3 is 10.2 Å². The van der Waals surface area contributed by atoms with Crippen LogP contribution in [0.15, 0.2) is 48.8 Å². The van der Waals surface area contributed by atoms with E-state index >= 15 is 0 Å². The maximum Gasteiger partial charge on any atom is 0.328 e. The van der Waals surface area contributed by atoms with Gasteiger partial charge in [0, 0.05) is 6.20 Å². The number of hydrogen-bond donors (Lipinski definition) is 1. The molecule has 5 nitrogen and oxygen atoms in total. The van der Waals surface area contributed by atoms with Gasteiger partial charge in [-0.1, -0.05) is 18.2 Å². The van der Waals surface area contributed by atoms with Gasteiger partial charge in [-0.25, -0.2) is 4.31 Å². The van der Waals surface area contributed by atoms with Crippen molar-refractivity contribution in [2.45, 2.75) is 0 Å². The topological polar surface area (TPSA) is 62.3 Å². The van der Waals surface area contributed by atoms with Crippen LogP contribution < -0.4 is 9.03 Å². The molecule has 17 heavy (non-hydrogen) atoms. The van der Waals surface area contributed by atoms with E-state index in [1.807, 2.05) is 6.07 Å². The number of fused-ring (bicyclic) bond motifs is 1. The molecule has 0 aliphatic carbocycles. The van der Waals surface area contributed by atoms with Crippen LogP contribution in [-0.4, -0.2) is 13.4 Å². The Morgan fingerprint density at radius 1 is 1.12 bits per heavy atom. The van der Waals surface area contributed by atoms with E-state index < -0.39 is 10.2 Å². The first-order valence-corrected chi connectivity index (χ1v) is 6.45. The van der Waals surface area contributed by atoms with Gasteiger partial charge < -0.3 is 0 Å². The molecule has 2 aromatic rings. The minimum Gasteiger partial charge on any atom is -0.263 e. The Morgan fingerprint density at radius 3 is 2.65 bits per heavy atom. The lowest BCUT2D eigenvalue weighted by molar-refractivity contribution is 0.603. The first-order valence-electron chi connectivity index (χ1n) is 5.01. The third kappa shape index (κ3) is 1.53. The van der Waals surface area contributed by atoms with E-state index in [0.717, 1.165) is 0 Å². The second-order valence-electron chi connectivity index (χ2n) is 3.60. The van der Waals surface area contributed by atoms with Gasteiger partial charge in [0.25, 0.3) is 0 Å². The number of nitrogens with one attached hydrogen (secondary N) is 1. The van der Waals surface area contributed by atoms with E-state index in [1.54, 1.807) is 36.5 Å². The van der Waals surface area contributed by atoms with Crippen molar-refractivity contribution >= 4 is 27.3 Å². The van der Waals surface area contributed by atoms with Crippen molar-refractivity contribution in [1.29, 1.82) is 0 Å². The number of pyridine rings is 1. The highest BCUT2D eigenvalue weighted by molar-refractivity contribution is 7.95. The average molecular weight is 247 g/mol. The fourth-order valence-corrected chi connectivity index (χ4v) is 3.14. The van der Waals surface area contributed by atoms with Crippen LogP contribution in [-0.2, 0) is 10.2 Å². The van der Waals surface area contributed by atoms with Crippen LogP contribution in [0.2, 0.25) is 0 Å². The van der Waals surface area contributed by atoms with Crippen molar-refractivity contribution in [1.82, 2.24) is 4.98 Å². The van der Waals surface area contributed by atoms with E-state index in [9.17, 15) is 8.42 Å². The lowest BCUT2D eigenvalue weighted by Gasteiger charge is -2.16. The van der Waals surface area contributed by atoms with Gasteiger partial charge in [-0.05, 0) is 18.2 Å². The SMILES string of the molecule is O=S1(=O)Nc2cnccc2N1c1ccccc1. The molecule has 3 rings (SSSR count). The summed E-state index contributed by atoms with van der Waals surface area (Å²) >= 11 is 0. The van der Waals surface area contributed by atoms with E-state index in [2.05, 4.69) is 9.71 Å². The summed E-state index contributed by atoms with van der Waals surface area (Å²) in [6.45, 7) is 0. The van der Waals surface area contributed by atoms with E-state index in [0.29, 0.717) is 17.1 Å². The van der Waals surface area contributed by atoms with Gasteiger partial charge in [0.1, 0.15) is 0 Å². The van der Waals surface area contributed by atoms with E-state index in [-0.39, 0.29) is 0 Å². The van der Waals surface area contributed by atoms with Gasteiger partial charge in [-0.15, -0.1) is 0 Å². The lowest BCUT2D eigenvalue weighted by Crippen LogP contribution is -2.25. The minimum absolute atomic E-state index is 0.497. The molecule has 0 bridgehead atoms. The van der Waals surface area contributed by atoms with Gasteiger partial charge in [0.2, 0.25) is 0 Å². The van der Waals surface area contributed by atoms with Crippen molar-refractivity contribution in [3.05, 3.63) is 48.8 Å². The van der Waals surface area contributed by atoms with Crippen molar-refractivity contribution in [3.8, 4) is 0 Å². The summed E-state index contributed by atoms with van der Waals surface area (Å²) in [7, 11) is -3.56. The van der Waals surface area contributed by atoms with Crippen LogP contribution in [0.5, 0.6) is 0 Å². The Kier molecular flexibility index (Phi) is 2.05. The number of benzene rings is 1. The molecule has 1 aliphatic heterocycles. The molecule has 1 aromatic heterocycles. The van der Waals surface area contributed by atoms with E-state index in [4.69, 9.17) is 0 Å². The lowest BCUT2D eigenvalue weighted by atomic mass is 10.3. The van der Waals surface area contributed by atoms with Crippen LogP contribution in [0.4, 0.5) is 17.1 Å². The molecule has 0 saturated heterocycles. The standard InChI is InChI=1S/C11H9N3O2S/c15-17(16)13-10-8-12-7-6-11(10)14(17)9-4-2-1-3-5-9/h1-8,13H. The van der Waals surface area contributed by atoms with Crippen LogP contribution in [0.1, 0.15) is 0 Å². The second kappa shape index (κ2) is 3.46. The number of anilines is 3. The normalized spacial score (nSPS) is 16.4. The molecule has 2 heterocycles. The molecular formula is C11H9N3O2S. The zero-order valence-corrected chi connectivity index (χ0v) is 9.55. The van der Waals surface area contributed by atoms with Crippen LogP contribution in [0.25, 0.3) is 0 Å². The third-order valence-electron chi connectivity index (χ3n) is 2.49. The van der Waals surface area contributed by atoms with E-state index in [1.165, 1.54) is 10.5 Å². The highest BCUT2D eigenvalue weighted by Gasteiger charge is 2.33. The number of aromatic nitrogens is 1. The smallest absolute Gasteiger partial charge is 0.263 e. The summed E-state index contributed by atoms with van der Waals surface area (Å²) in [5.74, 6) is 0. The largest absolute Gasteiger partial charge is 0.328 e. The monoisotopic (exact) mass is 247 g/mol. The first-order chi connectivity index (χ1) is 8.18. The van der Waals surface area contributed by atoms with Crippen LogP contribution in [0, 0.1) is 0 Å². The summed E-state index contributed by atoms with van der Waals surface area (Å²) in [5, 5.41) is 0. The highest BCUT2D eigenvalue weighted by Crippen LogP contribution is 2.39. The summed E-state index contributed by atoms with van der Waals surface area (Å²) in [4.78, 5) is 3.90. The minimum atomic E-state index is -3.56. The van der Waals surface area contributed by atoms with Crippen LogP contribution >= 0.6 is 0 Å². The molecule has 0 saturated carbocycles. The molecule has 6 heteroatoms. The predicted molar refractivity (Wildman–Crippen MR) is 65.4 cm³/mol. The molecule has 1 N–H and O–H groups in total. The molecule has 0 spiro atoms. The van der Waals surface area contributed by atoms with Crippen molar-refractivity contribution in [2.24, 2.45) is 0 Å². The zero-order chi connectivity index (χ0) is 11.9. The zero-order valence-electron chi connectivity index (χ0n) is 8.74. The Balaban J connectivity index is 2.22. The summed E-state index contributed by atoms with van der Waals surface area (Å²) in [6.07, 6.45) is 3.06. The Labute approximate surface area is 98.9 Å². The highest BCUT2D eigenvalue weighted by atomic mass is 32.2. The fourth-order valence-electron chi connectivity index (χ4n) is 1.80. The molecule has 0 atom stereocenters. The first kappa shape index (κ1) is 10.1. The van der Waals surface area contributed by atoms with Gasteiger partial charge in [0.15, 0.2) is 0 Å². The molecule has 0 amide bonds. The van der Waals surface area contributed by atoms with Gasteiger partial charge in [-0.2, -0.15) is 8.42 Å². The van der Waals surface area contributed by atoms with Gasteiger partial charge in [-0.3, -0.25) is 9.71 Å². The predicted octanol–water partition coefficient (Wildman–Crippen LogP) is 1.89. The third-order valence-corrected chi connectivity index (χ3v) is 3.85. The number of rotatable bonds is 1. The number of hydrogen-bond acceptors (Lipinski definition) is 3. The van der Waals surface area contributed by atoms with Crippen molar-refractivity contribution in [3.63, 3.8) is 0 Å². The molecule has 86 valence electrons. The second-order valence-corrected chi connectivity index (χ2v) is 5.12. The Hall–Kier alpha value is -2.08. The summed E-state index contributed by atoms with van der Waals surface area (Å²) < 4.78 is 27.7. The Morgan fingerprint density at radius 2 is 1.88 bits per heavy atom. The van der Waals surface area contributed by atoms with Crippen LogP contribution in [0.3, 0.4) is 0 Å².